The van der Waals surface area contributed by atoms with Crippen LogP contribution in [0.4, 0.5) is 0 Å². The van der Waals surface area contributed by atoms with Gasteiger partial charge in [-0.25, -0.2) is 9.59 Å². The fourth-order valence-electron chi connectivity index (χ4n) is 0.143. The van der Waals surface area contributed by atoms with Crippen LogP contribution in [0, 0.1) is 0 Å². The van der Waals surface area contributed by atoms with Gasteiger partial charge in [0.15, 0.2) is 0 Å². The van der Waals surface area contributed by atoms with E-state index in [2.05, 4.69) is 0 Å². The second-order valence-corrected chi connectivity index (χ2v) is 3.73. The maximum absolute atomic E-state index is 9.63. The summed E-state index contributed by atoms with van der Waals surface area (Å²) < 4.78 is 9.63. The topological polar surface area (TPSA) is 91.7 Å². The van der Waals surface area contributed by atoms with Crippen molar-refractivity contribution in [3.8, 4) is 0 Å². The lowest BCUT2D eigenvalue weighted by Crippen LogP contribution is -1.91. The summed E-state index contributed by atoms with van der Waals surface area (Å²) in [5.41, 5.74) is 0. The summed E-state index contributed by atoms with van der Waals surface area (Å²) in [7, 11) is -1.13. The summed E-state index contributed by atoms with van der Waals surface area (Å²) >= 11 is 0. The van der Waals surface area contributed by atoms with Gasteiger partial charge < -0.3 is 14.8 Å². The molecule has 70 valence electrons. The van der Waals surface area contributed by atoms with Gasteiger partial charge in [-0.1, -0.05) is 0 Å². The highest BCUT2D eigenvalue weighted by atomic mass is 31.1. The van der Waals surface area contributed by atoms with Crippen molar-refractivity contribution in [1.82, 2.24) is 0 Å². The summed E-state index contributed by atoms with van der Waals surface area (Å²) in [4.78, 5) is 19.1. The fraction of sp³-hybridized carbons (Fsp3) is 0.333. The van der Waals surface area contributed by atoms with Crippen molar-refractivity contribution in [3.05, 3.63) is 12.2 Å². The van der Waals surface area contributed by atoms with Crippen molar-refractivity contribution >= 4 is 19.7 Å². The van der Waals surface area contributed by atoms with Crippen LogP contribution < -0.4 is 0 Å². The first-order chi connectivity index (χ1) is 5.36. The molecule has 0 aromatic heterocycles. The van der Waals surface area contributed by atoms with Crippen molar-refractivity contribution in [2.24, 2.45) is 0 Å². The van der Waals surface area contributed by atoms with Crippen LogP contribution in [0.25, 0.3) is 0 Å². The van der Waals surface area contributed by atoms with Crippen molar-refractivity contribution in [3.63, 3.8) is 0 Å². The van der Waals surface area contributed by atoms with Gasteiger partial charge in [0.25, 0.3) is 0 Å². The van der Waals surface area contributed by atoms with Crippen molar-refractivity contribution < 1.29 is 24.4 Å². The molecule has 6 heteroatoms. The van der Waals surface area contributed by atoms with Crippen molar-refractivity contribution in [2.45, 2.75) is 0 Å². The van der Waals surface area contributed by atoms with Gasteiger partial charge in [0.2, 0.25) is 0 Å². The van der Waals surface area contributed by atoms with Crippen LogP contribution in [0.1, 0.15) is 0 Å². The number of carboxylic acid groups (broad SMARTS) is 2. The largest absolute Gasteiger partial charge is 0.478 e. The molecule has 0 spiro atoms. The van der Waals surface area contributed by atoms with Crippen molar-refractivity contribution in [2.75, 3.05) is 13.3 Å². The first-order valence-corrected chi connectivity index (χ1v) is 5.38. The van der Waals surface area contributed by atoms with Gasteiger partial charge in [-0.2, -0.15) is 0 Å². The van der Waals surface area contributed by atoms with Crippen LogP contribution in [0.5, 0.6) is 0 Å². The van der Waals surface area contributed by atoms with Crippen LogP contribution in [0.2, 0.25) is 0 Å². The highest BCUT2D eigenvalue weighted by Gasteiger charge is 1.88. The maximum atomic E-state index is 9.63. The summed E-state index contributed by atoms with van der Waals surface area (Å²) in [5.74, 6) is -2.51. The minimum absolute atomic E-state index is 0.558. The molecular weight excluding hydrogens is 183 g/mol. The Morgan fingerprint density at radius 1 is 1.08 bits per heavy atom. The SMILES string of the molecule is C[PH](C)=O.O=C(O)/C=C/C(=O)O. The van der Waals surface area contributed by atoms with E-state index in [9.17, 15) is 14.2 Å². The lowest BCUT2D eigenvalue weighted by molar-refractivity contribution is -0.134. The zero-order chi connectivity index (χ0) is 10.1. The van der Waals surface area contributed by atoms with E-state index in [1.165, 1.54) is 0 Å². The lowest BCUT2D eigenvalue weighted by Gasteiger charge is -1.74. The van der Waals surface area contributed by atoms with Gasteiger partial charge in [0.1, 0.15) is 0 Å². The molecule has 12 heavy (non-hydrogen) atoms. The Bertz CT molecular complexity index is 188. The summed E-state index contributed by atoms with van der Waals surface area (Å²) in [6.45, 7) is 3.43. The third-order valence-corrected chi connectivity index (χ3v) is 0.368. The fourth-order valence-corrected chi connectivity index (χ4v) is 0.143. The van der Waals surface area contributed by atoms with E-state index in [4.69, 9.17) is 10.2 Å². The van der Waals surface area contributed by atoms with Crippen LogP contribution in [0.15, 0.2) is 12.2 Å². The summed E-state index contributed by atoms with van der Waals surface area (Å²) in [6, 6.07) is 0. The number of aliphatic carboxylic acids is 2. The van der Waals surface area contributed by atoms with Gasteiger partial charge in [-0.3, -0.25) is 0 Å². The molecule has 0 heterocycles. The van der Waals surface area contributed by atoms with Crippen LogP contribution in [0.3, 0.4) is 0 Å². The normalized spacial score (nSPS) is 9.25. The number of carboxylic acids is 2. The molecular formula is C6H11O5P. The zero-order valence-corrected chi connectivity index (χ0v) is 7.77. The predicted molar refractivity (Wildman–Crippen MR) is 45.3 cm³/mol. The lowest BCUT2D eigenvalue weighted by atomic mass is 10.5. The van der Waals surface area contributed by atoms with Gasteiger partial charge >= 0.3 is 11.9 Å². The molecule has 0 bridgehead atoms. The third kappa shape index (κ3) is 36.5. The van der Waals surface area contributed by atoms with E-state index < -0.39 is 19.7 Å². The quantitative estimate of drug-likeness (QED) is 0.493. The molecule has 5 nitrogen and oxygen atoms in total. The van der Waals surface area contributed by atoms with E-state index in [0.717, 1.165) is 0 Å². The molecule has 0 fully saturated rings. The first-order valence-electron chi connectivity index (χ1n) is 2.97. The molecule has 0 aromatic carbocycles. The minimum Gasteiger partial charge on any atom is -0.478 e. The monoisotopic (exact) mass is 194 g/mol. The van der Waals surface area contributed by atoms with E-state index in [1.54, 1.807) is 13.3 Å². The van der Waals surface area contributed by atoms with E-state index in [1.807, 2.05) is 0 Å². The average molecular weight is 194 g/mol. The van der Waals surface area contributed by atoms with Gasteiger partial charge in [-0.15, -0.1) is 0 Å². The highest BCUT2D eigenvalue weighted by molar-refractivity contribution is 7.42. The van der Waals surface area contributed by atoms with Crippen LogP contribution >= 0.6 is 7.80 Å². The molecule has 2 N–H and O–H groups in total. The predicted octanol–water partition coefficient (Wildman–Crippen LogP) is 0.517. The van der Waals surface area contributed by atoms with Crippen molar-refractivity contribution in [1.29, 1.82) is 0 Å². The number of hydrogen-bond donors (Lipinski definition) is 2. The molecule has 0 radical (unpaired) electrons. The van der Waals surface area contributed by atoms with Crippen LogP contribution in [-0.4, -0.2) is 35.5 Å². The molecule has 0 unspecified atom stereocenters. The maximum Gasteiger partial charge on any atom is 0.328 e. The summed E-state index contributed by atoms with van der Waals surface area (Å²) in [5, 5.41) is 15.6. The van der Waals surface area contributed by atoms with Crippen LogP contribution in [-0.2, 0) is 14.2 Å². The molecule has 0 aromatic rings. The Morgan fingerprint density at radius 2 is 1.25 bits per heavy atom. The highest BCUT2D eigenvalue weighted by Crippen LogP contribution is 2.00. The molecule has 0 aliphatic heterocycles. The molecule has 0 saturated heterocycles. The number of carbonyl (C=O) groups is 2. The van der Waals surface area contributed by atoms with E-state index in [0.29, 0.717) is 12.2 Å². The third-order valence-electron chi connectivity index (χ3n) is 0.368. The Hall–Kier alpha value is -1.09. The molecule has 0 aliphatic carbocycles. The molecule has 0 amide bonds. The Kier molecular flexibility index (Phi) is 9.01. The van der Waals surface area contributed by atoms with Gasteiger partial charge in [0, 0.05) is 12.2 Å². The van der Waals surface area contributed by atoms with E-state index >= 15 is 0 Å². The zero-order valence-electron chi connectivity index (χ0n) is 6.77. The second kappa shape index (κ2) is 8.01. The Morgan fingerprint density at radius 3 is 1.33 bits per heavy atom. The molecule has 0 atom stereocenters. The molecule has 0 aliphatic rings. The molecule has 0 saturated carbocycles. The smallest absolute Gasteiger partial charge is 0.328 e. The number of rotatable bonds is 2. The van der Waals surface area contributed by atoms with E-state index in [-0.39, 0.29) is 0 Å². The minimum atomic E-state index is -1.26. The molecule has 0 rings (SSSR count). The second-order valence-electron chi connectivity index (χ2n) is 1.92. The average Bonchev–Trinajstić information content (AvgIpc) is 1.82. The summed E-state index contributed by atoms with van der Waals surface area (Å²) in [6.07, 6.45) is 1.12. The Labute approximate surface area is 70.5 Å². The van der Waals surface area contributed by atoms with Gasteiger partial charge in [-0.05, 0) is 13.3 Å². The standard InChI is InChI=1S/C4H4O4.C2H7OP/c5-3(6)1-2-4(7)8;1-4(2)3/h1-2H,(H,5,6)(H,7,8);4H,1-2H3/b2-1+;. The Balaban J connectivity index is 0. The number of hydrogen-bond acceptors (Lipinski definition) is 3. The van der Waals surface area contributed by atoms with Gasteiger partial charge in [0.05, 0.1) is 7.80 Å². The first kappa shape index (κ1) is 13.5.